The molecule has 2 heterocycles. The average molecular weight is 491 g/mol. The number of nitrogens with zero attached hydrogens (tertiary/aromatic N) is 3. The smallest absolute Gasteiger partial charge is 0.273 e. The van der Waals surface area contributed by atoms with Crippen LogP contribution >= 0.6 is 0 Å². The number of carbonyl (C=O) groups excluding carboxylic acids is 2. The SMILES string of the molecule is COc1ccc(-c2cc3n(n2)C[C@@](C)(C(=O)NC2CCCCC2)N(Cc2ccc(F)cc2)C3=O)cc1. The van der Waals surface area contributed by atoms with E-state index in [0.717, 1.165) is 42.6 Å². The second-order valence-corrected chi connectivity index (χ2v) is 9.90. The van der Waals surface area contributed by atoms with E-state index in [-0.39, 0.29) is 36.8 Å². The highest BCUT2D eigenvalue weighted by molar-refractivity contribution is 6.00. The number of methoxy groups -OCH3 is 1. The zero-order valence-corrected chi connectivity index (χ0v) is 20.7. The van der Waals surface area contributed by atoms with Crippen molar-refractivity contribution in [3.63, 3.8) is 0 Å². The number of nitrogens with one attached hydrogen (secondary N) is 1. The van der Waals surface area contributed by atoms with Crippen LogP contribution in [0.1, 0.15) is 55.1 Å². The van der Waals surface area contributed by atoms with Crippen molar-refractivity contribution in [1.29, 1.82) is 0 Å². The molecular formula is C28H31FN4O3. The van der Waals surface area contributed by atoms with Crippen LogP contribution in [0, 0.1) is 5.82 Å². The highest BCUT2D eigenvalue weighted by Gasteiger charge is 2.48. The Morgan fingerprint density at radius 3 is 2.47 bits per heavy atom. The molecule has 2 aliphatic rings. The van der Waals surface area contributed by atoms with Crippen LogP contribution in [0.5, 0.6) is 5.75 Å². The van der Waals surface area contributed by atoms with Gasteiger partial charge in [0.2, 0.25) is 5.91 Å². The summed E-state index contributed by atoms with van der Waals surface area (Å²) in [7, 11) is 1.61. The average Bonchev–Trinajstić information content (AvgIpc) is 3.32. The third kappa shape index (κ3) is 4.59. The summed E-state index contributed by atoms with van der Waals surface area (Å²) in [5.74, 6) is -0.0731. The summed E-state index contributed by atoms with van der Waals surface area (Å²) in [4.78, 5) is 29.2. The lowest BCUT2D eigenvalue weighted by Gasteiger charge is -2.44. The molecule has 1 aliphatic carbocycles. The first-order valence-corrected chi connectivity index (χ1v) is 12.5. The number of ether oxygens (including phenoxy) is 1. The minimum Gasteiger partial charge on any atom is -0.497 e. The van der Waals surface area contributed by atoms with Crippen molar-refractivity contribution < 1.29 is 18.7 Å². The molecule has 0 bridgehead atoms. The number of fused-ring (bicyclic) bond motifs is 1. The first-order valence-electron chi connectivity index (χ1n) is 12.5. The Kier molecular flexibility index (Phi) is 6.51. The highest BCUT2D eigenvalue weighted by Crippen LogP contribution is 2.32. The van der Waals surface area contributed by atoms with Gasteiger partial charge in [-0.05, 0) is 67.8 Å². The minimum absolute atomic E-state index is 0.111. The molecule has 36 heavy (non-hydrogen) atoms. The molecule has 1 aromatic heterocycles. The van der Waals surface area contributed by atoms with Crippen LogP contribution in [0.25, 0.3) is 11.3 Å². The van der Waals surface area contributed by atoms with Crippen LogP contribution < -0.4 is 10.1 Å². The highest BCUT2D eigenvalue weighted by atomic mass is 19.1. The predicted molar refractivity (Wildman–Crippen MR) is 134 cm³/mol. The molecule has 3 aromatic rings. The molecule has 2 aromatic carbocycles. The fraction of sp³-hybridized carbons (Fsp3) is 0.393. The van der Waals surface area contributed by atoms with Crippen LogP contribution in [0.2, 0.25) is 0 Å². The van der Waals surface area contributed by atoms with Crippen molar-refractivity contribution in [3.05, 3.63) is 71.7 Å². The van der Waals surface area contributed by atoms with Crippen LogP contribution in [-0.2, 0) is 17.9 Å². The monoisotopic (exact) mass is 490 g/mol. The molecule has 5 rings (SSSR count). The molecule has 1 saturated carbocycles. The minimum atomic E-state index is -1.15. The maximum Gasteiger partial charge on any atom is 0.273 e. The van der Waals surface area contributed by atoms with E-state index in [1.807, 2.05) is 24.3 Å². The topological polar surface area (TPSA) is 76.5 Å². The molecule has 1 aliphatic heterocycles. The second-order valence-electron chi connectivity index (χ2n) is 9.90. The summed E-state index contributed by atoms with van der Waals surface area (Å²) in [6.07, 6.45) is 5.26. The Morgan fingerprint density at radius 2 is 1.81 bits per heavy atom. The third-order valence-corrected chi connectivity index (χ3v) is 7.37. The van der Waals surface area contributed by atoms with E-state index in [2.05, 4.69) is 5.32 Å². The number of hydrogen-bond acceptors (Lipinski definition) is 4. The molecule has 0 saturated heterocycles. The van der Waals surface area contributed by atoms with Gasteiger partial charge in [0.05, 0.1) is 19.3 Å². The summed E-state index contributed by atoms with van der Waals surface area (Å²) in [6, 6.07) is 15.4. The normalized spacial score (nSPS) is 20.2. The zero-order valence-electron chi connectivity index (χ0n) is 20.7. The molecule has 8 heteroatoms. The fourth-order valence-electron chi connectivity index (χ4n) is 5.15. The Hall–Kier alpha value is -3.68. The van der Waals surface area contributed by atoms with Crippen molar-refractivity contribution in [2.45, 2.75) is 63.7 Å². The number of halogens is 1. The number of rotatable bonds is 6. The summed E-state index contributed by atoms with van der Waals surface area (Å²) in [5, 5.41) is 7.91. The Morgan fingerprint density at radius 1 is 1.11 bits per heavy atom. The van der Waals surface area contributed by atoms with Crippen molar-refractivity contribution in [3.8, 4) is 17.0 Å². The summed E-state index contributed by atoms with van der Waals surface area (Å²) in [5.41, 5.74) is 1.53. The third-order valence-electron chi connectivity index (χ3n) is 7.37. The van der Waals surface area contributed by atoms with Gasteiger partial charge in [-0.2, -0.15) is 5.10 Å². The van der Waals surface area contributed by atoms with E-state index in [1.54, 1.807) is 41.8 Å². The second kappa shape index (κ2) is 9.76. The number of benzene rings is 2. The van der Waals surface area contributed by atoms with Gasteiger partial charge in [-0.3, -0.25) is 14.3 Å². The lowest BCUT2D eigenvalue weighted by molar-refractivity contribution is -0.134. The predicted octanol–water partition coefficient (Wildman–Crippen LogP) is 4.56. The molecule has 0 radical (unpaired) electrons. The van der Waals surface area contributed by atoms with Gasteiger partial charge in [-0.1, -0.05) is 31.4 Å². The van der Waals surface area contributed by atoms with Crippen LogP contribution in [0.4, 0.5) is 4.39 Å². The maximum atomic E-state index is 13.8. The van der Waals surface area contributed by atoms with Crippen LogP contribution in [0.15, 0.2) is 54.6 Å². The molecule has 1 fully saturated rings. The summed E-state index contributed by atoms with van der Waals surface area (Å²) >= 11 is 0. The van der Waals surface area contributed by atoms with E-state index < -0.39 is 5.54 Å². The van der Waals surface area contributed by atoms with Crippen molar-refractivity contribution in [1.82, 2.24) is 20.0 Å². The molecular weight excluding hydrogens is 459 g/mol. The Labute approximate surface area is 210 Å². The van der Waals surface area contributed by atoms with Gasteiger partial charge in [0.15, 0.2) is 0 Å². The quantitative estimate of drug-likeness (QED) is 0.550. The fourth-order valence-corrected chi connectivity index (χ4v) is 5.15. The van der Waals surface area contributed by atoms with Crippen molar-refractivity contribution in [2.24, 2.45) is 0 Å². The first-order chi connectivity index (χ1) is 17.4. The van der Waals surface area contributed by atoms with Gasteiger partial charge in [0.1, 0.15) is 22.8 Å². The molecule has 0 unspecified atom stereocenters. The maximum absolute atomic E-state index is 13.8. The van der Waals surface area contributed by atoms with E-state index in [1.165, 1.54) is 18.6 Å². The first kappa shape index (κ1) is 24.0. The molecule has 0 spiro atoms. The number of carbonyl (C=O) groups is 2. The molecule has 188 valence electrons. The number of amides is 2. The van der Waals surface area contributed by atoms with E-state index in [4.69, 9.17) is 9.84 Å². The van der Waals surface area contributed by atoms with Gasteiger partial charge in [-0.15, -0.1) is 0 Å². The largest absolute Gasteiger partial charge is 0.497 e. The number of hydrogen-bond donors (Lipinski definition) is 1. The van der Waals surface area contributed by atoms with Gasteiger partial charge >= 0.3 is 0 Å². The molecule has 1 atom stereocenters. The Bertz CT molecular complexity index is 1250. The Balaban J connectivity index is 1.49. The molecule has 7 nitrogen and oxygen atoms in total. The molecule has 2 amide bonds. The van der Waals surface area contributed by atoms with E-state index in [9.17, 15) is 14.0 Å². The lowest BCUT2D eigenvalue weighted by Crippen LogP contribution is -2.64. The summed E-state index contributed by atoms with van der Waals surface area (Å²) < 4.78 is 20.4. The standard InChI is InChI=1S/C28H31FN4O3/c1-28(27(35)30-22-6-4-3-5-7-22)18-33-25(16-24(31-33)20-10-14-23(36-2)15-11-20)26(34)32(28)17-19-8-12-21(29)13-9-19/h8-16,22H,3-7,17-18H2,1-2H3,(H,30,35)/t28-/m0/s1. The van der Waals surface area contributed by atoms with Crippen LogP contribution in [0.3, 0.4) is 0 Å². The van der Waals surface area contributed by atoms with E-state index >= 15 is 0 Å². The molecule has 1 N–H and O–H groups in total. The lowest BCUT2D eigenvalue weighted by atomic mass is 9.91. The van der Waals surface area contributed by atoms with Crippen LogP contribution in [-0.4, -0.2) is 45.2 Å². The van der Waals surface area contributed by atoms with Gasteiger partial charge in [-0.25, -0.2) is 4.39 Å². The summed E-state index contributed by atoms with van der Waals surface area (Å²) in [6.45, 7) is 2.21. The van der Waals surface area contributed by atoms with E-state index in [0.29, 0.717) is 11.4 Å². The van der Waals surface area contributed by atoms with Gasteiger partial charge in [0.25, 0.3) is 5.91 Å². The van der Waals surface area contributed by atoms with Gasteiger partial charge < -0.3 is 15.0 Å². The van der Waals surface area contributed by atoms with Crippen molar-refractivity contribution >= 4 is 11.8 Å². The zero-order chi connectivity index (χ0) is 25.3. The van der Waals surface area contributed by atoms with Crippen molar-refractivity contribution in [2.75, 3.05) is 7.11 Å². The van der Waals surface area contributed by atoms with Gasteiger partial charge in [0, 0.05) is 18.2 Å². The number of aromatic nitrogens is 2.